The van der Waals surface area contributed by atoms with Crippen LogP contribution in [0.5, 0.6) is 0 Å². The first kappa shape index (κ1) is 18.9. The van der Waals surface area contributed by atoms with Crippen LogP contribution in [0.15, 0.2) is 34.9 Å². The highest BCUT2D eigenvalue weighted by atomic mass is 16.5. The van der Waals surface area contributed by atoms with Gasteiger partial charge in [0, 0.05) is 6.54 Å². The van der Waals surface area contributed by atoms with Crippen LogP contribution >= 0.6 is 0 Å². The molecule has 0 aliphatic carbocycles. The van der Waals surface area contributed by atoms with Crippen LogP contribution in [-0.2, 0) is 24.4 Å². The summed E-state index contributed by atoms with van der Waals surface area (Å²) < 4.78 is 6.69. The highest BCUT2D eigenvalue weighted by Gasteiger charge is 2.33. The second-order valence-electron chi connectivity index (χ2n) is 7.17. The third kappa shape index (κ3) is 3.51. The average Bonchev–Trinajstić information content (AvgIpc) is 3.27. The zero-order chi connectivity index (χ0) is 20.5. The molecule has 9 heteroatoms. The second-order valence-corrected chi connectivity index (χ2v) is 7.17. The van der Waals surface area contributed by atoms with Crippen LogP contribution in [-0.4, -0.2) is 36.9 Å². The largest absolute Gasteiger partial charge is 0.361 e. The predicted octanol–water partition coefficient (Wildman–Crippen LogP) is 1.92. The van der Waals surface area contributed by atoms with Gasteiger partial charge in [-0.2, -0.15) is 0 Å². The Morgan fingerprint density at radius 3 is 2.72 bits per heavy atom. The minimum atomic E-state index is -0.443. The summed E-state index contributed by atoms with van der Waals surface area (Å²) >= 11 is 0. The molecule has 2 amide bonds. The van der Waals surface area contributed by atoms with Crippen LogP contribution in [0.4, 0.5) is 0 Å². The van der Waals surface area contributed by atoms with Crippen molar-refractivity contribution in [1.82, 2.24) is 30.4 Å². The number of aryl methyl sites for hydroxylation is 2. The van der Waals surface area contributed by atoms with Crippen molar-refractivity contribution in [2.45, 2.75) is 46.4 Å². The Labute approximate surface area is 167 Å². The molecule has 29 heavy (non-hydrogen) atoms. The zero-order valence-corrected chi connectivity index (χ0v) is 16.5. The van der Waals surface area contributed by atoms with Crippen LogP contribution in [0, 0.1) is 13.8 Å². The lowest BCUT2D eigenvalue weighted by atomic mass is 10.1. The Hall–Kier alpha value is -3.49. The number of fused-ring (bicyclic) bond motifs is 1. The average molecular weight is 394 g/mol. The number of hydrogen-bond donors (Lipinski definition) is 1. The van der Waals surface area contributed by atoms with Crippen LogP contribution in [0.1, 0.15) is 51.7 Å². The summed E-state index contributed by atoms with van der Waals surface area (Å²) in [4.78, 5) is 27.0. The van der Waals surface area contributed by atoms with Gasteiger partial charge in [-0.15, -0.1) is 5.10 Å². The first-order valence-corrected chi connectivity index (χ1v) is 9.42. The number of nitrogens with one attached hydrogen (secondary N) is 1. The lowest BCUT2D eigenvalue weighted by molar-refractivity contribution is -0.138. The number of rotatable bonds is 5. The number of hydrogen-bond acceptors (Lipinski definition) is 6. The van der Waals surface area contributed by atoms with Crippen LogP contribution in [0.25, 0.3) is 0 Å². The monoisotopic (exact) mass is 394 g/mol. The van der Waals surface area contributed by atoms with E-state index >= 15 is 0 Å². The molecule has 0 bridgehead atoms. The Kier molecular flexibility index (Phi) is 4.87. The SMILES string of the molecule is Cc1noc(C)c1C(=O)NCc1nnn2c1CN(Cc1ccccc1)C(=O)C2C. The summed E-state index contributed by atoms with van der Waals surface area (Å²) in [5.41, 5.74) is 3.50. The lowest BCUT2D eigenvalue weighted by Gasteiger charge is -2.31. The van der Waals surface area contributed by atoms with E-state index in [1.807, 2.05) is 37.3 Å². The summed E-state index contributed by atoms with van der Waals surface area (Å²) in [6, 6.07) is 9.40. The molecule has 1 aliphatic heterocycles. The van der Waals surface area contributed by atoms with Gasteiger partial charge in [-0.3, -0.25) is 9.59 Å². The highest BCUT2D eigenvalue weighted by Crippen LogP contribution is 2.24. The molecular weight excluding hydrogens is 372 g/mol. The molecule has 0 saturated carbocycles. The molecular formula is C20H22N6O3. The van der Waals surface area contributed by atoms with Crippen LogP contribution in [0.3, 0.4) is 0 Å². The van der Waals surface area contributed by atoms with Crippen molar-refractivity contribution in [1.29, 1.82) is 0 Å². The molecule has 1 aliphatic rings. The van der Waals surface area contributed by atoms with E-state index in [2.05, 4.69) is 20.8 Å². The molecule has 1 N–H and O–H groups in total. The van der Waals surface area contributed by atoms with Crippen molar-refractivity contribution in [3.63, 3.8) is 0 Å². The molecule has 1 aromatic carbocycles. The summed E-state index contributed by atoms with van der Waals surface area (Å²) in [5.74, 6) is 0.194. The van der Waals surface area contributed by atoms with Crippen molar-refractivity contribution in [3.05, 3.63) is 64.3 Å². The van der Waals surface area contributed by atoms with E-state index in [1.165, 1.54) is 0 Å². The smallest absolute Gasteiger partial charge is 0.257 e. The number of amides is 2. The second kappa shape index (κ2) is 7.50. The maximum absolute atomic E-state index is 12.7. The number of benzene rings is 1. The van der Waals surface area contributed by atoms with Crippen molar-refractivity contribution in [2.24, 2.45) is 0 Å². The van der Waals surface area contributed by atoms with Crippen molar-refractivity contribution < 1.29 is 14.1 Å². The number of nitrogens with zero attached hydrogens (tertiary/aromatic N) is 5. The maximum Gasteiger partial charge on any atom is 0.257 e. The number of carbonyl (C=O) groups is 2. The fourth-order valence-electron chi connectivity index (χ4n) is 3.58. The van der Waals surface area contributed by atoms with E-state index in [4.69, 9.17) is 4.52 Å². The van der Waals surface area contributed by atoms with Crippen molar-refractivity contribution >= 4 is 11.8 Å². The first-order chi connectivity index (χ1) is 14.0. The van der Waals surface area contributed by atoms with E-state index in [1.54, 1.807) is 23.4 Å². The van der Waals surface area contributed by atoms with Gasteiger partial charge in [0.2, 0.25) is 5.91 Å². The third-order valence-electron chi connectivity index (χ3n) is 5.14. The minimum Gasteiger partial charge on any atom is -0.361 e. The van der Waals surface area contributed by atoms with Gasteiger partial charge < -0.3 is 14.7 Å². The molecule has 0 saturated heterocycles. The fraction of sp³-hybridized carbons (Fsp3) is 0.350. The molecule has 150 valence electrons. The Balaban J connectivity index is 1.51. The van der Waals surface area contributed by atoms with Crippen LogP contribution < -0.4 is 5.32 Å². The standard InChI is InChI=1S/C20H22N6O3/c1-12-18(14(3)29-23-12)19(27)21-9-16-17-11-25(10-15-7-5-4-6-8-15)20(28)13(2)26(17)24-22-16/h4-8,13H,9-11H2,1-3H3,(H,21,27). The van der Waals surface area contributed by atoms with Gasteiger partial charge in [0.1, 0.15) is 23.1 Å². The molecule has 9 nitrogen and oxygen atoms in total. The Morgan fingerprint density at radius 1 is 1.28 bits per heavy atom. The normalized spacial score (nSPS) is 16.0. The molecule has 3 aromatic rings. The van der Waals surface area contributed by atoms with E-state index < -0.39 is 6.04 Å². The molecule has 0 fully saturated rings. The maximum atomic E-state index is 12.7. The first-order valence-electron chi connectivity index (χ1n) is 9.42. The number of carbonyl (C=O) groups excluding carboxylic acids is 2. The molecule has 1 atom stereocenters. The third-order valence-corrected chi connectivity index (χ3v) is 5.14. The number of aromatic nitrogens is 4. The molecule has 0 radical (unpaired) electrons. The Bertz CT molecular complexity index is 1040. The summed E-state index contributed by atoms with van der Waals surface area (Å²) in [7, 11) is 0. The van der Waals surface area contributed by atoms with E-state index in [-0.39, 0.29) is 18.4 Å². The highest BCUT2D eigenvalue weighted by molar-refractivity contribution is 5.96. The van der Waals surface area contributed by atoms with Crippen LogP contribution in [0.2, 0.25) is 0 Å². The lowest BCUT2D eigenvalue weighted by Crippen LogP contribution is -2.41. The van der Waals surface area contributed by atoms with Gasteiger partial charge in [0.05, 0.1) is 24.5 Å². The molecule has 0 spiro atoms. The Morgan fingerprint density at radius 2 is 2.03 bits per heavy atom. The van der Waals surface area contributed by atoms with E-state index in [0.29, 0.717) is 35.8 Å². The van der Waals surface area contributed by atoms with Crippen molar-refractivity contribution in [2.75, 3.05) is 0 Å². The molecule has 4 rings (SSSR count). The van der Waals surface area contributed by atoms with Gasteiger partial charge in [-0.25, -0.2) is 4.68 Å². The summed E-state index contributed by atoms with van der Waals surface area (Å²) in [5, 5.41) is 15.0. The fourth-order valence-corrected chi connectivity index (χ4v) is 3.58. The van der Waals surface area contributed by atoms with Gasteiger partial charge in [-0.05, 0) is 26.3 Å². The van der Waals surface area contributed by atoms with Gasteiger partial charge in [-0.1, -0.05) is 40.7 Å². The molecule has 2 aromatic heterocycles. The summed E-state index contributed by atoms with van der Waals surface area (Å²) in [6.45, 7) is 6.34. The van der Waals surface area contributed by atoms with Gasteiger partial charge >= 0.3 is 0 Å². The van der Waals surface area contributed by atoms with Gasteiger partial charge in [0.25, 0.3) is 5.91 Å². The quantitative estimate of drug-likeness (QED) is 0.709. The molecule has 3 heterocycles. The predicted molar refractivity (Wildman–Crippen MR) is 103 cm³/mol. The van der Waals surface area contributed by atoms with Gasteiger partial charge in [0.15, 0.2) is 0 Å². The minimum absolute atomic E-state index is 0.00226. The molecule has 1 unspecified atom stereocenters. The van der Waals surface area contributed by atoms with Crippen molar-refractivity contribution in [3.8, 4) is 0 Å². The summed E-state index contributed by atoms with van der Waals surface area (Å²) in [6.07, 6.45) is 0. The van der Waals surface area contributed by atoms with E-state index in [0.717, 1.165) is 11.3 Å². The zero-order valence-electron chi connectivity index (χ0n) is 16.5. The topological polar surface area (TPSA) is 106 Å². The van der Waals surface area contributed by atoms with E-state index in [9.17, 15) is 9.59 Å².